The van der Waals surface area contributed by atoms with Crippen LogP contribution < -0.4 is 5.73 Å². The van der Waals surface area contributed by atoms with Crippen molar-refractivity contribution in [2.75, 3.05) is 0 Å². The molecular weight excluding hydrogens is 258 g/mol. The molecule has 2 unspecified atom stereocenters. The van der Waals surface area contributed by atoms with Crippen LogP contribution in [0.4, 0.5) is 0 Å². The molecule has 0 spiro atoms. The van der Waals surface area contributed by atoms with E-state index in [0.717, 1.165) is 18.5 Å². The van der Waals surface area contributed by atoms with E-state index in [-0.39, 0.29) is 12.1 Å². The summed E-state index contributed by atoms with van der Waals surface area (Å²) < 4.78 is 2.17. The van der Waals surface area contributed by atoms with E-state index in [0.29, 0.717) is 5.92 Å². The molecule has 0 saturated heterocycles. The molecule has 2 aromatic rings. The molecule has 0 radical (unpaired) electrons. The normalized spacial score (nSPS) is 14.4. The zero-order valence-electron chi connectivity index (χ0n) is 13.6. The second-order valence-electron chi connectivity index (χ2n) is 5.95. The molecule has 1 aromatic heterocycles. The van der Waals surface area contributed by atoms with E-state index in [2.05, 4.69) is 50.6 Å². The van der Waals surface area contributed by atoms with Gasteiger partial charge in [-0.15, -0.1) is 0 Å². The number of nitrogens with zero attached hydrogens (tertiary/aromatic N) is 2. The van der Waals surface area contributed by atoms with Gasteiger partial charge in [-0.05, 0) is 30.4 Å². The van der Waals surface area contributed by atoms with Crippen molar-refractivity contribution in [3.05, 3.63) is 53.3 Å². The predicted octanol–water partition coefficient (Wildman–Crippen LogP) is 3.91. The van der Waals surface area contributed by atoms with Gasteiger partial charge in [0.25, 0.3) is 0 Å². The Morgan fingerprint density at radius 3 is 2.29 bits per heavy atom. The molecule has 0 amide bonds. The number of rotatable bonds is 6. The van der Waals surface area contributed by atoms with Crippen LogP contribution in [0, 0.1) is 5.92 Å². The maximum absolute atomic E-state index is 6.59. The minimum absolute atomic E-state index is 0.0406. The SMILES string of the molecule is CCc1cc(CC)n(C(C(C)C)C(N)c2ccccc2)n1. The molecule has 0 aliphatic heterocycles. The smallest absolute Gasteiger partial charge is 0.0737 e. The van der Waals surface area contributed by atoms with Crippen molar-refractivity contribution >= 4 is 0 Å². The number of hydrogen-bond donors (Lipinski definition) is 1. The lowest BCUT2D eigenvalue weighted by molar-refractivity contribution is 0.286. The lowest BCUT2D eigenvalue weighted by Crippen LogP contribution is -2.30. The van der Waals surface area contributed by atoms with E-state index < -0.39 is 0 Å². The minimum atomic E-state index is -0.0406. The number of nitrogens with two attached hydrogens (primary N) is 1. The summed E-state index contributed by atoms with van der Waals surface area (Å²) in [7, 11) is 0. The highest BCUT2D eigenvalue weighted by Gasteiger charge is 2.27. The Balaban J connectivity index is 2.42. The Morgan fingerprint density at radius 1 is 1.10 bits per heavy atom. The van der Waals surface area contributed by atoms with E-state index >= 15 is 0 Å². The van der Waals surface area contributed by atoms with Crippen LogP contribution in [0.3, 0.4) is 0 Å². The molecule has 2 atom stereocenters. The Bertz CT molecular complexity index is 557. The van der Waals surface area contributed by atoms with Crippen LogP contribution in [0.5, 0.6) is 0 Å². The summed E-state index contributed by atoms with van der Waals surface area (Å²) in [6, 6.07) is 12.7. The van der Waals surface area contributed by atoms with E-state index in [9.17, 15) is 0 Å². The van der Waals surface area contributed by atoms with E-state index in [1.54, 1.807) is 0 Å². The van der Waals surface area contributed by atoms with Gasteiger partial charge in [-0.2, -0.15) is 5.10 Å². The van der Waals surface area contributed by atoms with Crippen LogP contribution in [0.15, 0.2) is 36.4 Å². The van der Waals surface area contributed by atoms with Gasteiger partial charge < -0.3 is 5.73 Å². The van der Waals surface area contributed by atoms with Crippen molar-refractivity contribution in [1.29, 1.82) is 0 Å². The fourth-order valence-electron chi connectivity index (χ4n) is 2.91. The number of aryl methyl sites for hydroxylation is 2. The van der Waals surface area contributed by atoms with Crippen LogP contribution >= 0.6 is 0 Å². The van der Waals surface area contributed by atoms with Crippen LogP contribution in [-0.4, -0.2) is 9.78 Å². The van der Waals surface area contributed by atoms with Gasteiger partial charge >= 0.3 is 0 Å². The van der Waals surface area contributed by atoms with Crippen molar-refractivity contribution in [2.45, 2.75) is 52.6 Å². The highest BCUT2D eigenvalue weighted by molar-refractivity contribution is 5.21. The van der Waals surface area contributed by atoms with Gasteiger partial charge in [-0.3, -0.25) is 4.68 Å². The Hall–Kier alpha value is -1.61. The third-order valence-electron chi connectivity index (χ3n) is 4.11. The second kappa shape index (κ2) is 6.90. The first-order valence-corrected chi connectivity index (χ1v) is 7.96. The zero-order chi connectivity index (χ0) is 15.4. The molecule has 2 N–H and O–H groups in total. The maximum atomic E-state index is 6.59. The number of hydrogen-bond acceptors (Lipinski definition) is 2. The fourth-order valence-corrected chi connectivity index (χ4v) is 2.91. The highest BCUT2D eigenvalue weighted by atomic mass is 15.3. The average Bonchev–Trinajstić information content (AvgIpc) is 2.91. The monoisotopic (exact) mass is 285 g/mol. The molecular formula is C18H27N3. The zero-order valence-corrected chi connectivity index (χ0v) is 13.6. The van der Waals surface area contributed by atoms with Crippen LogP contribution in [0.1, 0.15) is 56.7 Å². The molecule has 21 heavy (non-hydrogen) atoms. The molecule has 3 nitrogen and oxygen atoms in total. The van der Waals surface area contributed by atoms with Crippen molar-refractivity contribution in [3.63, 3.8) is 0 Å². The standard InChI is InChI=1S/C18H27N3/c1-5-15-12-16(6-2)21(20-15)18(13(3)4)17(19)14-10-8-7-9-11-14/h7-13,17-18H,5-6,19H2,1-4H3. The predicted molar refractivity (Wildman–Crippen MR) is 88.2 cm³/mol. The third-order valence-corrected chi connectivity index (χ3v) is 4.11. The molecule has 2 rings (SSSR count). The van der Waals surface area contributed by atoms with Crippen molar-refractivity contribution in [3.8, 4) is 0 Å². The van der Waals surface area contributed by atoms with E-state index in [4.69, 9.17) is 10.8 Å². The summed E-state index contributed by atoms with van der Waals surface area (Å²) in [4.78, 5) is 0. The maximum Gasteiger partial charge on any atom is 0.0737 e. The summed E-state index contributed by atoms with van der Waals surface area (Å²) in [5, 5.41) is 4.80. The molecule has 0 fully saturated rings. The van der Waals surface area contributed by atoms with Gasteiger partial charge in [0.15, 0.2) is 0 Å². The summed E-state index contributed by atoms with van der Waals surface area (Å²) in [6.45, 7) is 8.77. The van der Waals surface area contributed by atoms with Gasteiger partial charge in [-0.1, -0.05) is 58.0 Å². The largest absolute Gasteiger partial charge is 0.322 e. The summed E-state index contributed by atoms with van der Waals surface area (Å²) in [6.07, 6.45) is 1.95. The van der Waals surface area contributed by atoms with E-state index in [1.165, 1.54) is 11.3 Å². The number of aromatic nitrogens is 2. The molecule has 0 saturated carbocycles. The third kappa shape index (κ3) is 3.35. The van der Waals surface area contributed by atoms with E-state index in [1.807, 2.05) is 18.2 Å². The summed E-state index contributed by atoms with van der Waals surface area (Å²) in [5.41, 5.74) is 10.2. The lowest BCUT2D eigenvalue weighted by Gasteiger charge is -2.29. The Labute approximate surface area is 128 Å². The van der Waals surface area contributed by atoms with Gasteiger partial charge in [0.2, 0.25) is 0 Å². The van der Waals surface area contributed by atoms with Crippen LogP contribution in [0.25, 0.3) is 0 Å². The first-order valence-electron chi connectivity index (χ1n) is 7.96. The first kappa shape index (κ1) is 15.8. The molecule has 1 heterocycles. The van der Waals surface area contributed by atoms with Gasteiger partial charge in [0, 0.05) is 5.69 Å². The summed E-state index contributed by atoms with van der Waals surface area (Å²) >= 11 is 0. The number of benzene rings is 1. The molecule has 0 bridgehead atoms. The molecule has 1 aromatic carbocycles. The summed E-state index contributed by atoms with van der Waals surface area (Å²) in [5.74, 6) is 0.426. The van der Waals surface area contributed by atoms with Gasteiger partial charge in [0.1, 0.15) is 0 Å². The first-order chi connectivity index (χ1) is 10.1. The van der Waals surface area contributed by atoms with Crippen LogP contribution in [-0.2, 0) is 12.8 Å². The molecule has 0 aliphatic carbocycles. The lowest BCUT2D eigenvalue weighted by atomic mass is 9.91. The topological polar surface area (TPSA) is 43.8 Å². The fraction of sp³-hybridized carbons (Fsp3) is 0.500. The Kier molecular flexibility index (Phi) is 5.18. The van der Waals surface area contributed by atoms with Crippen molar-refractivity contribution in [1.82, 2.24) is 9.78 Å². The molecule has 114 valence electrons. The quantitative estimate of drug-likeness (QED) is 0.874. The van der Waals surface area contributed by atoms with Crippen LogP contribution in [0.2, 0.25) is 0 Å². The van der Waals surface area contributed by atoms with Crippen molar-refractivity contribution < 1.29 is 0 Å². The van der Waals surface area contributed by atoms with Gasteiger partial charge in [-0.25, -0.2) is 0 Å². The second-order valence-corrected chi connectivity index (χ2v) is 5.95. The average molecular weight is 285 g/mol. The Morgan fingerprint density at radius 2 is 1.76 bits per heavy atom. The molecule has 3 heteroatoms. The minimum Gasteiger partial charge on any atom is -0.322 e. The molecule has 0 aliphatic rings. The van der Waals surface area contributed by atoms with Crippen molar-refractivity contribution in [2.24, 2.45) is 11.7 Å². The highest BCUT2D eigenvalue weighted by Crippen LogP contribution is 2.31. The van der Waals surface area contributed by atoms with Gasteiger partial charge in [0.05, 0.1) is 17.8 Å².